The predicted molar refractivity (Wildman–Crippen MR) is 94.1 cm³/mol. The summed E-state index contributed by atoms with van der Waals surface area (Å²) in [4.78, 5) is 1.49. The summed E-state index contributed by atoms with van der Waals surface area (Å²) in [7, 11) is 4.10. The quantitative estimate of drug-likeness (QED) is 0.762. The number of aromatic nitrogens is 2. The van der Waals surface area contributed by atoms with E-state index >= 15 is 0 Å². The molecule has 1 unspecified atom stereocenters. The molecule has 0 aromatic carbocycles. The third-order valence-corrected chi connectivity index (χ3v) is 5.76. The fraction of sp³-hybridized carbons (Fsp3) is 0.562. The number of rotatable bonds is 8. The average Bonchev–Trinajstić information content (AvgIpc) is 3.08. The van der Waals surface area contributed by atoms with Gasteiger partial charge in [0, 0.05) is 24.4 Å². The Balaban J connectivity index is 1.91. The minimum Gasteiger partial charge on any atom is -0.317 e. The first-order chi connectivity index (χ1) is 10.2. The molecule has 0 saturated heterocycles. The maximum Gasteiger partial charge on any atom is 0.0766 e. The van der Waals surface area contributed by atoms with Gasteiger partial charge in [-0.15, -0.1) is 11.3 Å². The minimum atomic E-state index is 0.501. The first-order valence-electron chi connectivity index (χ1n) is 7.55. The van der Waals surface area contributed by atoms with Crippen LogP contribution in [0.25, 0.3) is 0 Å². The van der Waals surface area contributed by atoms with Gasteiger partial charge in [-0.05, 0) is 60.1 Å². The van der Waals surface area contributed by atoms with Crippen LogP contribution in [-0.4, -0.2) is 22.9 Å². The SMILES string of the molecule is CCc1nn(C)c(CC(CCCc2cccs2)NC)c1Br. The second kappa shape index (κ2) is 8.11. The highest BCUT2D eigenvalue weighted by Crippen LogP contribution is 2.23. The topological polar surface area (TPSA) is 29.9 Å². The molecular weight excluding hydrogens is 346 g/mol. The number of halogens is 1. The van der Waals surface area contributed by atoms with Gasteiger partial charge in [-0.3, -0.25) is 4.68 Å². The number of nitrogens with one attached hydrogen (secondary N) is 1. The van der Waals surface area contributed by atoms with Crippen LogP contribution in [0.3, 0.4) is 0 Å². The molecule has 1 N–H and O–H groups in total. The van der Waals surface area contributed by atoms with Crippen LogP contribution < -0.4 is 5.32 Å². The Morgan fingerprint density at radius 1 is 1.48 bits per heavy atom. The number of nitrogens with zero attached hydrogens (tertiary/aromatic N) is 2. The molecule has 2 heterocycles. The van der Waals surface area contributed by atoms with E-state index in [9.17, 15) is 0 Å². The number of likely N-dealkylation sites (N-methyl/N-ethyl adjacent to an activating group) is 1. The Morgan fingerprint density at radius 3 is 2.86 bits per heavy atom. The van der Waals surface area contributed by atoms with E-state index < -0.39 is 0 Å². The largest absolute Gasteiger partial charge is 0.317 e. The summed E-state index contributed by atoms with van der Waals surface area (Å²) < 4.78 is 3.21. The molecule has 0 bridgehead atoms. The molecule has 116 valence electrons. The van der Waals surface area contributed by atoms with E-state index in [2.05, 4.69) is 57.8 Å². The molecule has 0 amide bonds. The van der Waals surface area contributed by atoms with E-state index in [1.165, 1.54) is 34.3 Å². The van der Waals surface area contributed by atoms with E-state index in [0.717, 1.165) is 18.5 Å². The van der Waals surface area contributed by atoms with Crippen LogP contribution in [0.15, 0.2) is 22.0 Å². The smallest absolute Gasteiger partial charge is 0.0766 e. The van der Waals surface area contributed by atoms with E-state index in [-0.39, 0.29) is 0 Å². The van der Waals surface area contributed by atoms with Crippen molar-refractivity contribution >= 4 is 27.3 Å². The molecule has 0 radical (unpaired) electrons. The number of hydrogen-bond acceptors (Lipinski definition) is 3. The molecule has 2 aromatic heterocycles. The third-order valence-electron chi connectivity index (χ3n) is 3.91. The monoisotopic (exact) mass is 369 g/mol. The second-order valence-electron chi connectivity index (χ2n) is 5.35. The Kier molecular flexibility index (Phi) is 6.45. The fourth-order valence-electron chi connectivity index (χ4n) is 2.60. The normalized spacial score (nSPS) is 12.8. The van der Waals surface area contributed by atoms with Crippen molar-refractivity contribution in [1.82, 2.24) is 15.1 Å². The second-order valence-corrected chi connectivity index (χ2v) is 7.17. The van der Waals surface area contributed by atoms with Crippen molar-refractivity contribution < 1.29 is 0 Å². The van der Waals surface area contributed by atoms with Gasteiger partial charge >= 0.3 is 0 Å². The predicted octanol–water partition coefficient (Wildman–Crippen LogP) is 3.96. The zero-order valence-corrected chi connectivity index (χ0v) is 15.4. The summed E-state index contributed by atoms with van der Waals surface area (Å²) in [5.41, 5.74) is 2.45. The zero-order valence-electron chi connectivity index (χ0n) is 13.0. The van der Waals surface area contributed by atoms with Crippen LogP contribution in [0.1, 0.15) is 36.0 Å². The van der Waals surface area contributed by atoms with Crippen molar-refractivity contribution in [2.75, 3.05) is 7.05 Å². The molecule has 1 atom stereocenters. The average molecular weight is 370 g/mol. The lowest BCUT2D eigenvalue weighted by Gasteiger charge is -2.16. The lowest BCUT2D eigenvalue weighted by molar-refractivity contribution is 0.487. The Labute approximate surface area is 139 Å². The summed E-state index contributed by atoms with van der Waals surface area (Å²) in [5, 5.41) is 10.2. The van der Waals surface area contributed by atoms with E-state index in [1.807, 2.05) is 23.1 Å². The maximum absolute atomic E-state index is 4.58. The van der Waals surface area contributed by atoms with Crippen LogP contribution in [0.5, 0.6) is 0 Å². The van der Waals surface area contributed by atoms with E-state index in [4.69, 9.17) is 0 Å². The molecule has 0 spiro atoms. The summed E-state index contributed by atoms with van der Waals surface area (Å²) >= 11 is 5.57. The van der Waals surface area contributed by atoms with Crippen molar-refractivity contribution in [1.29, 1.82) is 0 Å². The van der Waals surface area contributed by atoms with Crippen LogP contribution in [0.2, 0.25) is 0 Å². The van der Waals surface area contributed by atoms with E-state index in [0.29, 0.717) is 6.04 Å². The maximum atomic E-state index is 4.58. The highest BCUT2D eigenvalue weighted by Gasteiger charge is 2.16. The molecule has 5 heteroatoms. The zero-order chi connectivity index (χ0) is 15.2. The molecule has 3 nitrogen and oxygen atoms in total. The standard InChI is InChI=1S/C16H24BrN3S/c1-4-14-16(17)15(20(3)19-14)11-12(18-2)7-5-8-13-9-6-10-21-13/h6,9-10,12,18H,4-5,7-8,11H2,1-3H3. The van der Waals surface area contributed by atoms with Crippen LogP contribution in [0, 0.1) is 0 Å². The highest BCUT2D eigenvalue weighted by atomic mass is 79.9. The van der Waals surface area contributed by atoms with Gasteiger partial charge in [-0.1, -0.05) is 13.0 Å². The highest BCUT2D eigenvalue weighted by molar-refractivity contribution is 9.10. The number of thiophene rings is 1. The van der Waals surface area contributed by atoms with Gasteiger partial charge in [-0.25, -0.2) is 0 Å². The van der Waals surface area contributed by atoms with Crippen molar-refractivity contribution in [3.8, 4) is 0 Å². The molecule has 2 aromatic rings. The molecule has 0 aliphatic carbocycles. The molecule has 2 rings (SSSR count). The lowest BCUT2D eigenvalue weighted by Crippen LogP contribution is -2.28. The van der Waals surface area contributed by atoms with Gasteiger partial charge < -0.3 is 5.32 Å². The Hall–Kier alpha value is -0.650. The Morgan fingerprint density at radius 2 is 2.29 bits per heavy atom. The summed E-state index contributed by atoms with van der Waals surface area (Å²) in [5.74, 6) is 0. The fourth-order valence-corrected chi connectivity index (χ4v) is 4.13. The van der Waals surface area contributed by atoms with Crippen molar-refractivity contribution in [3.63, 3.8) is 0 Å². The first kappa shape index (κ1) is 16.7. The van der Waals surface area contributed by atoms with Crippen molar-refractivity contribution in [2.45, 2.75) is 45.1 Å². The molecule has 0 saturated carbocycles. The number of hydrogen-bond donors (Lipinski definition) is 1. The van der Waals surface area contributed by atoms with Gasteiger partial charge in [0.1, 0.15) is 0 Å². The lowest BCUT2D eigenvalue weighted by atomic mass is 10.0. The molecule has 21 heavy (non-hydrogen) atoms. The van der Waals surface area contributed by atoms with Crippen molar-refractivity contribution in [3.05, 3.63) is 38.3 Å². The van der Waals surface area contributed by atoms with Crippen molar-refractivity contribution in [2.24, 2.45) is 7.05 Å². The minimum absolute atomic E-state index is 0.501. The van der Waals surface area contributed by atoms with Gasteiger partial charge in [0.05, 0.1) is 15.9 Å². The Bertz CT molecular complexity index is 548. The first-order valence-corrected chi connectivity index (χ1v) is 9.22. The van der Waals surface area contributed by atoms with Gasteiger partial charge in [0.15, 0.2) is 0 Å². The molecule has 0 aliphatic rings. The van der Waals surface area contributed by atoms with E-state index in [1.54, 1.807) is 0 Å². The van der Waals surface area contributed by atoms with Crippen LogP contribution in [-0.2, 0) is 26.3 Å². The van der Waals surface area contributed by atoms with Gasteiger partial charge in [0.2, 0.25) is 0 Å². The molecule has 0 aliphatic heterocycles. The van der Waals surface area contributed by atoms with Crippen LogP contribution in [0.4, 0.5) is 0 Å². The van der Waals surface area contributed by atoms with Crippen LogP contribution >= 0.6 is 27.3 Å². The third kappa shape index (κ3) is 4.41. The molecule has 0 fully saturated rings. The summed E-state index contributed by atoms with van der Waals surface area (Å²) in [6.45, 7) is 2.15. The number of aryl methyl sites for hydroxylation is 3. The van der Waals surface area contributed by atoms with Gasteiger partial charge in [-0.2, -0.15) is 5.10 Å². The molecular formula is C16H24BrN3S. The van der Waals surface area contributed by atoms with Gasteiger partial charge in [0.25, 0.3) is 0 Å². The summed E-state index contributed by atoms with van der Waals surface area (Å²) in [6, 6.07) is 4.86. The summed E-state index contributed by atoms with van der Waals surface area (Å²) in [6.07, 6.45) is 5.58.